The molecule has 7 heteroatoms. The molecule has 0 aliphatic heterocycles. The number of benzene rings is 1. The van der Waals surface area contributed by atoms with Crippen molar-refractivity contribution in [1.82, 2.24) is 25.5 Å². The van der Waals surface area contributed by atoms with E-state index < -0.39 is 0 Å². The number of amides is 2. The second kappa shape index (κ2) is 9.65. The highest BCUT2D eigenvalue weighted by atomic mass is 16.2. The molecule has 4 rings (SSSR count). The van der Waals surface area contributed by atoms with Crippen LogP contribution in [0.1, 0.15) is 24.8 Å². The normalized spacial score (nSPS) is 10.8. The van der Waals surface area contributed by atoms with E-state index in [-0.39, 0.29) is 6.03 Å². The zero-order valence-corrected chi connectivity index (χ0v) is 16.6. The summed E-state index contributed by atoms with van der Waals surface area (Å²) in [5.41, 5.74) is 4.70. The van der Waals surface area contributed by atoms with Gasteiger partial charge in [0.2, 0.25) is 0 Å². The van der Waals surface area contributed by atoms with Crippen LogP contribution in [0.4, 0.5) is 10.6 Å². The number of carbonyl (C=O) groups excluding carboxylic acids is 1. The molecule has 0 radical (unpaired) electrons. The zero-order chi connectivity index (χ0) is 20.6. The van der Waals surface area contributed by atoms with Gasteiger partial charge in [-0.25, -0.2) is 9.78 Å². The predicted octanol–water partition coefficient (Wildman–Crippen LogP) is 4.55. The van der Waals surface area contributed by atoms with Crippen molar-refractivity contribution in [3.05, 3.63) is 72.7 Å². The molecule has 3 heterocycles. The van der Waals surface area contributed by atoms with Gasteiger partial charge < -0.3 is 5.32 Å². The van der Waals surface area contributed by atoms with Gasteiger partial charge in [0.25, 0.3) is 0 Å². The molecule has 0 saturated heterocycles. The molecule has 2 amide bonds. The minimum Gasteiger partial charge on any atom is -0.338 e. The van der Waals surface area contributed by atoms with Crippen LogP contribution in [0.25, 0.3) is 22.2 Å². The van der Waals surface area contributed by atoms with Crippen LogP contribution in [-0.2, 0) is 6.42 Å². The highest BCUT2D eigenvalue weighted by molar-refractivity contribution is 5.90. The minimum atomic E-state index is -0.246. The smallest absolute Gasteiger partial charge is 0.320 e. The van der Waals surface area contributed by atoms with E-state index in [4.69, 9.17) is 0 Å². The summed E-state index contributed by atoms with van der Waals surface area (Å²) >= 11 is 0. The van der Waals surface area contributed by atoms with E-state index in [9.17, 15) is 4.79 Å². The van der Waals surface area contributed by atoms with Gasteiger partial charge in [0.15, 0.2) is 0 Å². The van der Waals surface area contributed by atoms with Gasteiger partial charge in [-0.2, -0.15) is 5.10 Å². The maximum Gasteiger partial charge on any atom is 0.320 e. The number of aryl methyl sites for hydroxylation is 1. The molecule has 1 aromatic carbocycles. The monoisotopic (exact) mass is 400 g/mol. The topological polar surface area (TPSA) is 95.6 Å². The van der Waals surface area contributed by atoms with Crippen molar-refractivity contribution in [2.24, 2.45) is 0 Å². The summed E-state index contributed by atoms with van der Waals surface area (Å²) in [6.45, 7) is 0.639. The Kier molecular flexibility index (Phi) is 6.29. The quantitative estimate of drug-likeness (QED) is 0.378. The summed E-state index contributed by atoms with van der Waals surface area (Å²) < 4.78 is 0. The molecule has 0 spiro atoms. The van der Waals surface area contributed by atoms with E-state index in [1.165, 1.54) is 5.56 Å². The average Bonchev–Trinajstić information content (AvgIpc) is 3.31. The van der Waals surface area contributed by atoms with E-state index in [1.807, 2.05) is 18.2 Å². The maximum atomic E-state index is 12.2. The molecule has 0 fully saturated rings. The molecule has 0 saturated carbocycles. The van der Waals surface area contributed by atoms with Crippen molar-refractivity contribution in [3.8, 4) is 11.1 Å². The Hall–Kier alpha value is -3.74. The van der Waals surface area contributed by atoms with Crippen molar-refractivity contribution in [2.75, 3.05) is 11.9 Å². The fourth-order valence-corrected chi connectivity index (χ4v) is 3.28. The third-order valence-corrected chi connectivity index (χ3v) is 4.88. The molecular weight excluding hydrogens is 376 g/mol. The van der Waals surface area contributed by atoms with Gasteiger partial charge in [-0.3, -0.25) is 15.4 Å². The third kappa shape index (κ3) is 5.20. The Morgan fingerprint density at radius 3 is 2.67 bits per heavy atom. The van der Waals surface area contributed by atoms with Crippen LogP contribution in [0, 0.1) is 0 Å². The van der Waals surface area contributed by atoms with Crippen molar-refractivity contribution in [3.63, 3.8) is 0 Å². The van der Waals surface area contributed by atoms with E-state index >= 15 is 0 Å². The Morgan fingerprint density at radius 1 is 0.933 bits per heavy atom. The van der Waals surface area contributed by atoms with Gasteiger partial charge in [0.1, 0.15) is 5.82 Å². The van der Waals surface area contributed by atoms with E-state index in [2.05, 4.69) is 55.1 Å². The number of pyridine rings is 2. The summed E-state index contributed by atoms with van der Waals surface area (Å²) in [6.07, 6.45) is 9.53. The lowest BCUT2D eigenvalue weighted by Gasteiger charge is -2.08. The second-order valence-corrected chi connectivity index (χ2v) is 7.12. The SMILES string of the molecule is O=C(NCCCCCc1ccccc1)Nc1ccc2ncc(-c3cn[nH]c3)cc2n1. The molecule has 30 heavy (non-hydrogen) atoms. The number of urea groups is 1. The second-order valence-electron chi connectivity index (χ2n) is 7.12. The van der Waals surface area contributed by atoms with Crippen molar-refractivity contribution in [2.45, 2.75) is 25.7 Å². The molecule has 7 nitrogen and oxygen atoms in total. The Labute approximate surface area is 175 Å². The molecule has 0 aliphatic rings. The van der Waals surface area contributed by atoms with Crippen LogP contribution >= 0.6 is 0 Å². The number of nitrogens with zero attached hydrogens (tertiary/aromatic N) is 3. The molecule has 0 aliphatic carbocycles. The number of unbranched alkanes of at least 4 members (excludes halogenated alkanes) is 2. The zero-order valence-electron chi connectivity index (χ0n) is 16.6. The van der Waals surface area contributed by atoms with Crippen LogP contribution in [0.5, 0.6) is 0 Å². The minimum absolute atomic E-state index is 0.246. The molecule has 4 aromatic rings. The Bertz CT molecular complexity index is 1100. The predicted molar refractivity (Wildman–Crippen MR) is 118 cm³/mol. The van der Waals surface area contributed by atoms with Crippen LogP contribution in [-0.4, -0.2) is 32.7 Å². The third-order valence-electron chi connectivity index (χ3n) is 4.88. The van der Waals surface area contributed by atoms with Crippen molar-refractivity contribution < 1.29 is 4.79 Å². The molecule has 3 aromatic heterocycles. The van der Waals surface area contributed by atoms with Crippen molar-refractivity contribution >= 4 is 22.9 Å². The molecule has 0 atom stereocenters. The standard InChI is InChI=1S/C23H24N6O/c30-23(24-12-6-2-5-9-17-7-3-1-4-8-17)29-22-11-10-20-21(28-22)13-18(14-25-20)19-15-26-27-16-19/h1,3-4,7-8,10-11,13-16H,2,5-6,9,12H2,(H,26,27)(H2,24,28,29,30). The van der Waals surface area contributed by atoms with Gasteiger partial charge in [-0.15, -0.1) is 0 Å². The molecule has 0 unspecified atom stereocenters. The van der Waals surface area contributed by atoms with E-state index in [1.54, 1.807) is 24.7 Å². The number of rotatable bonds is 8. The van der Waals surface area contributed by atoms with Crippen LogP contribution < -0.4 is 10.6 Å². The maximum absolute atomic E-state index is 12.2. The highest BCUT2D eigenvalue weighted by Crippen LogP contribution is 2.21. The van der Waals surface area contributed by atoms with Crippen LogP contribution in [0.3, 0.4) is 0 Å². The molecular formula is C23H24N6O. The van der Waals surface area contributed by atoms with Crippen molar-refractivity contribution in [1.29, 1.82) is 0 Å². The van der Waals surface area contributed by atoms with Gasteiger partial charge in [0, 0.05) is 30.1 Å². The van der Waals surface area contributed by atoms with Gasteiger partial charge >= 0.3 is 6.03 Å². The largest absolute Gasteiger partial charge is 0.338 e. The summed E-state index contributed by atoms with van der Waals surface area (Å²) in [4.78, 5) is 21.1. The summed E-state index contributed by atoms with van der Waals surface area (Å²) in [7, 11) is 0. The molecule has 0 bridgehead atoms. The lowest BCUT2D eigenvalue weighted by molar-refractivity contribution is 0.252. The van der Waals surface area contributed by atoms with Gasteiger partial charge in [-0.05, 0) is 43.0 Å². The number of aromatic nitrogens is 4. The van der Waals surface area contributed by atoms with E-state index in [0.717, 1.165) is 42.3 Å². The van der Waals surface area contributed by atoms with Crippen LogP contribution in [0.15, 0.2) is 67.1 Å². The first-order valence-electron chi connectivity index (χ1n) is 10.1. The summed E-state index contributed by atoms with van der Waals surface area (Å²) in [6, 6.07) is 15.8. The Morgan fingerprint density at radius 2 is 1.83 bits per heavy atom. The number of nitrogens with one attached hydrogen (secondary N) is 3. The number of H-pyrrole nitrogens is 1. The fraction of sp³-hybridized carbons (Fsp3) is 0.217. The first-order chi connectivity index (χ1) is 14.8. The number of hydrogen-bond donors (Lipinski definition) is 3. The number of hydrogen-bond acceptors (Lipinski definition) is 4. The first-order valence-corrected chi connectivity index (χ1v) is 10.1. The fourth-order valence-electron chi connectivity index (χ4n) is 3.28. The lowest BCUT2D eigenvalue weighted by Crippen LogP contribution is -2.29. The summed E-state index contributed by atoms with van der Waals surface area (Å²) in [5, 5.41) is 12.4. The number of fused-ring (bicyclic) bond motifs is 1. The lowest BCUT2D eigenvalue weighted by atomic mass is 10.1. The Balaban J connectivity index is 1.24. The van der Waals surface area contributed by atoms with E-state index in [0.29, 0.717) is 17.9 Å². The molecule has 152 valence electrons. The van der Waals surface area contributed by atoms with Gasteiger partial charge in [-0.1, -0.05) is 36.8 Å². The summed E-state index contributed by atoms with van der Waals surface area (Å²) in [5.74, 6) is 0.496. The number of aromatic amines is 1. The first kappa shape index (κ1) is 19.6. The number of anilines is 1. The average molecular weight is 400 g/mol. The highest BCUT2D eigenvalue weighted by Gasteiger charge is 2.06. The van der Waals surface area contributed by atoms with Gasteiger partial charge in [0.05, 0.1) is 17.2 Å². The number of carbonyl (C=O) groups is 1. The molecule has 3 N–H and O–H groups in total. The van der Waals surface area contributed by atoms with Crippen LogP contribution in [0.2, 0.25) is 0 Å².